The zero-order valence-electron chi connectivity index (χ0n) is 12.1. The van der Waals surface area contributed by atoms with E-state index in [0.717, 1.165) is 11.1 Å². The van der Waals surface area contributed by atoms with Gasteiger partial charge in [-0.1, -0.05) is 24.3 Å². The Morgan fingerprint density at radius 1 is 1.24 bits per heavy atom. The summed E-state index contributed by atoms with van der Waals surface area (Å²) in [5.41, 5.74) is 1.95. The average Bonchev–Trinajstić information content (AvgIpc) is 2.77. The third-order valence-electron chi connectivity index (χ3n) is 3.08. The quantitative estimate of drug-likeness (QED) is 0.617. The minimum atomic E-state index is -0.544. The molecule has 0 saturated carbocycles. The first-order valence-corrected chi connectivity index (χ1v) is 7.38. The Kier molecular flexibility index (Phi) is 5.67. The normalized spacial score (nSPS) is 18.0. The maximum atomic E-state index is 11.6. The van der Waals surface area contributed by atoms with Crippen molar-refractivity contribution in [1.29, 1.82) is 0 Å². The van der Waals surface area contributed by atoms with E-state index in [-0.39, 0.29) is 17.4 Å². The highest BCUT2D eigenvalue weighted by atomic mass is 32.1. The van der Waals surface area contributed by atoms with Crippen molar-refractivity contribution in [2.75, 3.05) is 13.2 Å². The first kappa shape index (κ1) is 15.9. The van der Waals surface area contributed by atoms with Crippen LogP contribution < -0.4 is 5.32 Å². The summed E-state index contributed by atoms with van der Waals surface area (Å²) in [6.07, 6.45) is -0.411. The summed E-state index contributed by atoms with van der Waals surface area (Å²) in [6.45, 7) is 5.03. The van der Waals surface area contributed by atoms with E-state index in [9.17, 15) is 4.79 Å². The number of ether oxygens (including phenoxy) is 3. The Hall–Kier alpha value is -1.50. The molecule has 5 nitrogen and oxygen atoms in total. The zero-order chi connectivity index (χ0) is 15.2. The molecule has 2 rings (SSSR count). The van der Waals surface area contributed by atoms with Crippen LogP contribution in [-0.4, -0.2) is 30.4 Å². The molecule has 1 atom stereocenters. The molecule has 1 saturated heterocycles. The van der Waals surface area contributed by atoms with Crippen LogP contribution in [0.3, 0.4) is 0 Å². The first-order chi connectivity index (χ1) is 10.1. The van der Waals surface area contributed by atoms with Gasteiger partial charge in [-0.3, -0.25) is 10.1 Å². The standard InChI is InChI=1S/C15H19NO4S/c1-3-18-14(19-4-2)11-7-5-10(6-8-11)9-12-13(17)16-15(21)20-12/h5-8,12,14H,3-4,9H2,1-2H3,(H,16,17,21). The van der Waals surface area contributed by atoms with Gasteiger partial charge in [-0.2, -0.15) is 0 Å². The lowest BCUT2D eigenvalue weighted by Gasteiger charge is -2.17. The predicted molar refractivity (Wildman–Crippen MR) is 81.8 cm³/mol. The number of thiocarbonyl (C=S) groups is 1. The maximum Gasteiger partial charge on any atom is 0.268 e. The van der Waals surface area contributed by atoms with Gasteiger partial charge in [-0.05, 0) is 31.6 Å². The van der Waals surface area contributed by atoms with Crippen LogP contribution in [-0.2, 0) is 25.4 Å². The topological polar surface area (TPSA) is 56.8 Å². The maximum absolute atomic E-state index is 11.6. The molecule has 6 heteroatoms. The van der Waals surface area contributed by atoms with Crippen LogP contribution >= 0.6 is 12.2 Å². The largest absolute Gasteiger partial charge is 0.457 e. The number of nitrogens with one attached hydrogen (secondary N) is 1. The van der Waals surface area contributed by atoms with Gasteiger partial charge >= 0.3 is 0 Å². The van der Waals surface area contributed by atoms with Gasteiger partial charge in [0.2, 0.25) is 0 Å². The summed E-state index contributed by atoms with van der Waals surface area (Å²) in [5, 5.41) is 2.63. The summed E-state index contributed by atoms with van der Waals surface area (Å²) < 4.78 is 16.3. The van der Waals surface area contributed by atoms with E-state index in [1.807, 2.05) is 38.1 Å². The van der Waals surface area contributed by atoms with E-state index in [4.69, 9.17) is 26.4 Å². The van der Waals surface area contributed by atoms with Crippen molar-refractivity contribution in [1.82, 2.24) is 5.32 Å². The predicted octanol–water partition coefficient (Wildman–Crippen LogP) is 2.10. The fourth-order valence-corrected chi connectivity index (χ4v) is 2.31. The third kappa shape index (κ3) is 4.23. The second-order valence-electron chi connectivity index (χ2n) is 4.57. The summed E-state index contributed by atoms with van der Waals surface area (Å²) in [7, 11) is 0. The van der Waals surface area contributed by atoms with Crippen molar-refractivity contribution in [3.05, 3.63) is 35.4 Å². The Morgan fingerprint density at radius 2 is 1.86 bits per heavy atom. The van der Waals surface area contributed by atoms with Crippen LogP contribution in [0.2, 0.25) is 0 Å². The lowest BCUT2D eigenvalue weighted by atomic mass is 10.1. The van der Waals surface area contributed by atoms with Crippen LogP contribution in [0.15, 0.2) is 24.3 Å². The first-order valence-electron chi connectivity index (χ1n) is 6.97. The lowest BCUT2D eigenvalue weighted by molar-refractivity contribution is -0.140. The summed E-state index contributed by atoms with van der Waals surface area (Å²) >= 11 is 4.82. The van der Waals surface area contributed by atoms with Crippen molar-refractivity contribution in [2.24, 2.45) is 0 Å². The van der Waals surface area contributed by atoms with E-state index in [0.29, 0.717) is 19.6 Å². The summed E-state index contributed by atoms with van der Waals surface area (Å²) in [4.78, 5) is 11.6. The van der Waals surface area contributed by atoms with E-state index < -0.39 is 6.10 Å². The molecule has 114 valence electrons. The Morgan fingerprint density at radius 3 is 2.33 bits per heavy atom. The molecule has 1 fully saturated rings. The van der Waals surface area contributed by atoms with Crippen LogP contribution in [0.25, 0.3) is 0 Å². The highest BCUT2D eigenvalue weighted by Gasteiger charge is 2.29. The highest BCUT2D eigenvalue weighted by Crippen LogP contribution is 2.20. The van der Waals surface area contributed by atoms with Crippen molar-refractivity contribution >= 4 is 23.3 Å². The molecule has 1 aromatic carbocycles. The zero-order valence-corrected chi connectivity index (χ0v) is 12.9. The number of rotatable bonds is 7. The van der Waals surface area contributed by atoms with Gasteiger partial charge in [-0.15, -0.1) is 0 Å². The molecule has 0 radical (unpaired) electrons. The fourth-order valence-electron chi connectivity index (χ4n) is 2.10. The molecule has 0 aliphatic carbocycles. The SMILES string of the molecule is CCOC(OCC)c1ccc(CC2OC(=S)NC2=O)cc1. The summed E-state index contributed by atoms with van der Waals surface area (Å²) in [5.74, 6) is -0.189. The monoisotopic (exact) mass is 309 g/mol. The van der Waals surface area contributed by atoms with Gasteiger partial charge in [0.1, 0.15) is 0 Å². The van der Waals surface area contributed by atoms with E-state index in [1.165, 1.54) is 0 Å². The molecule has 1 aliphatic rings. The number of carbonyl (C=O) groups is 1. The van der Waals surface area contributed by atoms with Crippen molar-refractivity contribution < 1.29 is 19.0 Å². The number of benzene rings is 1. The Bertz CT molecular complexity index is 497. The highest BCUT2D eigenvalue weighted by molar-refractivity contribution is 7.80. The number of amides is 1. The molecule has 1 heterocycles. The molecule has 0 bridgehead atoms. The second-order valence-corrected chi connectivity index (χ2v) is 4.94. The molecular formula is C15H19NO4S. The average molecular weight is 309 g/mol. The van der Waals surface area contributed by atoms with E-state index in [2.05, 4.69) is 5.32 Å². The van der Waals surface area contributed by atoms with E-state index in [1.54, 1.807) is 0 Å². The molecular weight excluding hydrogens is 290 g/mol. The third-order valence-corrected chi connectivity index (χ3v) is 3.27. The molecule has 1 amide bonds. The molecule has 1 unspecified atom stereocenters. The minimum Gasteiger partial charge on any atom is -0.457 e. The van der Waals surface area contributed by atoms with Crippen molar-refractivity contribution in [3.63, 3.8) is 0 Å². The number of hydrogen-bond donors (Lipinski definition) is 1. The van der Waals surface area contributed by atoms with Crippen LogP contribution in [0.4, 0.5) is 0 Å². The van der Waals surface area contributed by atoms with Crippen LogP contribution in [0.5, 0.6) is 0 Å². The minimum absolute atomic E-state index is 0.148. The fraction of sp³-hybridized carbons (Fsp3) is 0.467. The van der Waals surface area contributed by atoms with Gasteiger partial charge in [0, 0.05) is 25.2 Å². The smallest absolute Gasteiger partial charge is 0.268 e. The molecule has 1 aromatic rings. The number of carbonyl (C=O) groups excluding carboxylic acids is 1. The van der Waals surface area contributed by atoms with Crippen molar-refractivity contribution in [2.45, 2.75) is 32.7 Å². The number of hydrogen-bond acceptors (Lipinski definition) is 5. The molecule has 1 aliphatic heterocycles. The van der Waals surface area contributed by atoms with Crippen LogP contribution in [0, 0.1) is 0 Å². The van der Waals surface area contributed by atoms with Gasteiger partial charge in [-0.25, -0.2) is 0 Å². The van der Waals surface area contributed by atoms with Gasteiger partial charge < -0.3 is 14.2 Å². The Balaban J connectivity index is 2.01. The molecule has 21 heavy (non-hydrogen) atoms. The molecule has 0 aromatic heterocycles. The molecule has 0 spiro atoms. The van der Waals surface area contributed by atoms with Crippen molar-refractivity contribution in [3.8, 4) is 0 Å². The molecule has 1 N–H and O–H groups in total. The van der Waals surface area contributed by atoms with Gasteiger partial charge in [0.05, 0.1) is 0 Å². The van der Waals surface area contributed by atoms with Gasteiger partial charge in [0.15, 0.2) is 12.4 Å². The van der Waals surface area contributed by atoms with E-state index >= 15 is 0 Å². The Labute approximate surface area is 129 Å². The summed E-state index contributed by atoms with van der Waals surface area (Å²) in [6, 6.07) is 7.77. The second kappa shape index (κ2) is 7.49. The van der Waals surface area contributed by atoms with Gasteiger partial charge in [0.25, 0.3) is 11.1 Å². The van der Waals surface area contributed by atoms with Crippen LogP contribution in [0.1, 0.15) is 31.3 Å². The lowest BCUT2D eigenvalue weighted by Crippen LogP contribution is -2.25.